The quantitative estimate of drug-likeness (QED) is 0.183. The van der Waals surface area contributed by atoms with Crippen molar-refractivity contribution in [2.24, 2.45) is 41.4 Å². The highest BCUT2D eigenvalue weighted by molar-refractivity contribution is 6.39. The molecule has 1 aliphatic carbocycles. The van der Waals surface area contributed by atoms with Gasteiger partial charge in [-0.25, -0.2) is 4.79 Å². The Labute approximate surface area is 423 Å². The maximum absolute atomic E-state index is 14.6. The number of methoxy groups -OCH3 is 3. The van der Waals surface area contributed by atoms with Gasteiger partial charge in [0.1, 0.15) is 18.2 Å². The molecule has 5 aliphatic rings. The molecule has 4 heterocycles. The summed E-state index contributed by atoms with van der Waals surface area (Å²) >= 11 is 0. The summed E-state index contributed by atoms with van der Waals surface area (Å²) in [7, 11) is 4.67. The summed E-state index contributed by atoms with van der Waals surface area (Å²) < 4.78 is 42.2. The number of hydrogen-bond donors (Lipinski definition) is 2. The molecule has 0 radical (unpaired) electrons. The predicted octanol–water partition coefficient (Wildman–Crippen LogP) is 7.24. The van der Waals surface area contributed by atoms with Crippen LogP contribution in [0.25, 0.3) is 0 Å². The Bertz CT molecular complexity index is 1930. The number of ether oxygens (including phenoxy) is 7. The molecule has 2 bridgehead atoms. The van der Waals surface area contributed by atoms with Gasteiger partial charge in [0, 0.05) is 64.4 Å². The minimum absolute atomic E-state index is 0.00524. The summed E-state index contributed by atoms with van der Waals surface area (Å²) in [6, 6.07) is -1.14. The smallest absolute Gasteiger partial charge is 0.329 e. The molecule has 3 saturated heterocycles. The molecule has 4 fully saturated rings. The molecule has 2 N–H and O–H groups in total. The van der Waals surface area contributed by atoms with Crippen molar-refractivity contribution in [2.75, 3.05) is 41.1 Å². The molecule has 0 aromatic heterocycles. The van der Waals surface area contributed by atoms with Crippen LogP contribution in [0.3, 0.4) is 0 Å². The molecule has 0 spiro atoms. The van der Waals surface area contributed by atoms with E-state index >= 15 is 0 Å². The van der Waals surface area contributed by atoms with Crippen LogP contribution in [0, 0.1) is 41.4 Å². The number of hydrogen-bond acceptors (Lipinski definition) is 14. The van der Waals surface area contributed by atoms with Crippen molar-refractivity contribution < 1.29 is 67.3 Å². The highest BCUT2D eigenvalue weighted by Gasteiger charge is 2.53. The number of carbonyl (C=O) groups is 5. The number of nitrogens with zero attached hydrogens (tertiary/aromatic N) is 1. The second-order valence-corrected chi connectivity index (χ2v) is 21.8. The zero-order chi connectivity index (χ0) is 52.2. The zero-order valence-electron chi connectivity index (χ0n) is 44.5. The van der Waals surface area contributed by atoms with Crippen LogP contribution < -0.4 is 0 Å². The van der Waals surface area contributed by atoms with Crippen LogP contribution in [-0.4, -0.2) is 146 Å². The van der Waals surface area contributed by atoms with E-state index in [4.69, 9.17) is 33.2 Å². The van der Waals surface area contributed by atoms with E-state index in [9.17, 15) is 34.2 Å². The number of amides is 1. The van der Waals surface area contributed by atoms with Crippen LogP contribution >= 0.6 is 0 Å². The van der Waals surface area contributed by atoms with Gasteiger partial charge in [0.25, 0.3) is 11.7 Å². The standard InChI is InChI=1S/C56H87NO14/c1-33-17-13-12-14-18-34(2)46(65-9)29-42-22-20-40(8)56(64,71-42)53(61)54(62)57-24-16-15-19-43(57)55(63)70-47(30-44(58)35(3)26-38(6)51(60)52(67-11)50(59)37(5)25-33)36(4)27-41-21-23-45(48(28-41)66-10)69-49-32-68-31-39(49)7/h12-14,17-18,26,33,36-43,45-49,51-52,60,64H,15-16,19-25,27-32H2,1-11H3/b14-12?,17-13?,34-18?,35-26+/t33-,36+,37-,38?,39?,40-,41?,42+,43+,45?,46+,47+,48?,49?,51?,52+,56-/m1/s1. The summed E-state index contributed by atoms with van der Waals surface area (Å²) in [6.07, 6.45) is 12.5. The van der Waals surface area contributed by atoms with Gasteiger partial charge in [-0.15, -0.1) is 0 Å². The first-order chi connectivity index (χ1) is 33.7. The molecule has 5 rings (SSSR count). The molecule has 71 heavy (non-hydrogen) atoms. The average molecular weight is 998 g/mol. The predicted molar refractivity (Wildman–Crippen MR) is 268 cm³/mol. The van der Waals surface area contributed by atoms with Crippen molar-refractivity contribution in [3.8, 4) is 0 Å². The monoisotopic (exact) mass is 998 g/mol. The van der Waals surface area contributed by atoms with Crippen LogP contribution in [0.15, 0.2) is 47.6 Å². The molecule has 1 saturated carbocycles. The number of cyclic esters (lactones) is 1. The molecule has 7 unspecified atom stereocenters. The number of piperidine rings is 1. The van der Waals surface area contributed by atoms with E-state index < -0.39 is 77.8 Å². The Balaban J connectivity index is 1.45. The Hall–Kier alpha value is -3.41. The molecule has 17 atom stereocenters. The average Bonchev–Trinajstić information content (AvgIpc) is 3.76. The van der Waals surface area contributed by atoms with Crippen LogP contribution in [0.4, 0.5) is 0 Å². The van der Waals surface area contributed by atoms with E-state index in [0.717, 1.165) is 18.4 Å². The Morgan fingerprint density at radius 1 is 0.831 bits per heavy atom. The van der Waals surface area contributed by atoms with Crippen molar-refractivity contribution in [1.82, 2.24) is 4.90 Å². The summed E-state index contributed by atoms with van der Waals surface area (Å²) in [5, 5.41) is 23.6. The number of esters is 1. The lowest BCUT2D eigenvalue weighted by molar-refractivity contribution is -0.265. The SMILES string of the molecule is COC1CC(C[C@H](C)[C@@H]2CC(=O)/C(C)=C/C(C)C(O)[C@@H](OC)C(=O)[C@H](C)C[C@H](C)C=CC=CC=C(C)[C@@H](OC)C[C@@H]3CC[C@@H](C)[C@@](O)(O3)C(=O)C(=O)N3CCCC[C@H]3C(=O)O2)CCC1OC1COCC1C. The van der Waals surface area contributed by atoms with E-state index in [2.05, 4.69) is 6.92 Å². The topological polar surface area (TPSA) is 194 Å². The lowest BCUT2D eigenvalue weighted by atomic mass is 9.78. The third-order valence-corrected chi connectivity index (χ3v) is 16.1. The summed E-state index contributed by atoms with van der Waals surface area (Å²) in [5.74, 6) is -7.51. The molecule has 15 heteroatoms. The van der Waals surface area contributed by atoms with E-state index in [1.165, 1.54) is 12.0 Å². The molecular formula is C56H87NO14. The van der Waals surface area contributed by atoms with Gasteiger partial charge in [-0.05, 0) is 107 Å². The summed E-state index contributed by atoms with van der Waals surface area (Å²) in [4.78, 5) is 72.5. The first-order valence-corrected chi connectivity index (χ1v) is 26.4. The van der Waals surface area contributed by atoms with Crippen molar-refractivity contribution >= 4 is 29.2 Å². The fourth-order valence-corrected chi connectivity index (χ4v) is 11.3. The van der Waals surface area contributed by atoms with Gasteiger partial charge in [-0.2, -0.15) is 0 Å². The minimum Gasteiger partial charge on any atom is -0.460 e. The fraction of sp³-hybridized carbons (Fsp3) is 0.768. The highest BCUT2D eigenvalue weighted by Crippen LogP contribution is 2.39. The normalized spacial score (nSPS) is 39.6. The van der Waals surface area contributed by atoms with E-state index in [-0.39, 0.29) is 67.0 Å². The number of aliphatic hydroxyl groups is 2. The lowest BCUT2D eigenvalue weighted by Crippen LogP contribution is -2.61. The van der Waals surface area contributed by atoms with Gasteiger partial charge < -0.3 is 48.3 Å². The number of aliphatic hydroxyl groups excluding tert-OH is 1. The number of allylic oxidation sites excluding steroid dienone is 6. The Morgan fingerprint density at radius 2 is 1.58 bits per heavy atom. The van der Waals surface area contributed by atoms with Gasteiger partial charge in [-0.3, -0.25) is 19.2 Å². The number of ketones is 3. The minimum atomic E-state index is -2.43. The number of rotatable bonds is 8. The van der Waals surface area contributed by atoms with Gasteiger partial charge in [0.2, 0.25) is 5.79 Å². The maximum atomic E-state index is 14.6. The maximum Gasteiger partial charge on any atom is 0.329 e. The molecule has 0 aromatic rings. The van der Waals surface area contributed by atoms with Crippen molar-refractivity contribution in [3.63, 3.8) is 0 Å². The van der Waals surface area contributed by atoms with Gasteiger partial charge >= 0.3 is 5.97 Å². The second kappa shape index (κ2) is 27.2. The number of Topliss-reactive ketones (excluding diaryl/α,β-unsaturated/α-hetero) is 3. The largest absolute Gasteiger partial charge is 0.460 e. The Morgan fingerprint density at radius 3 is 2.25 bits per heavy atom. The second-order valence-electron chi connectivity index (χ2n) is 21.8. The highest BCUT2D eigenvalue weighted by atomic mass is 16.6. The van der Waals surface area contributed by atoms with Crippen molar-refractivity contribution in [1.29, 1.82) is 0 Å². The molecule has 0 aromatic carbocycles. The van der Waals surface area contributed by atoms with Crippen LogP contribution in [-0.2, 0) is 57.1 Å². The Kier molecular flexibility index (Phi) is 22.4. The van der Waals surface area contributed by atoms with Gasteiger partial charge in [0.15, 0.2) is 11.6 Å². The van der Waals surface area contributed by atoms with Crippen molar-refractivity contribution in [3.05, 3.63) is 47.6 Å². The molecule has 15 nitrogen and oxygen atoms in total. The van der Waals surface area contributed by atoms with Crippen LogP contribution in [0.5, 0.6) is 0 Å². The van der Waals surface area contributed by atoms with Crippen LogP contribution in [0.1, 0.15) is 132 Å². The molecule has 1 amide bonds. The summed E-state index contributed by atoms with van der Waals surface area (Å²) in [5.41, 5.74) is 1.21. The van der Waals surface area contributed by atoms with Gasteiger partial charge in [-0.1, -0.05) is 78.0 Å². The first kappa shape index (κ1) is 58.5. The molecular weight excluding hydrogens is 911 g/mol. The fourth-order valence-electron chi connectivity index (χ4n) is 11.3. The third kappa shape index (κ3) is 15.3. The van der Waals surface area contributed by atoms with E-state index in [1.54, 1.807) is 41.1 Å². The zero-order valence-corrected chi connectivity index (χ0v) is 44.5. The summed E-state index contributed by atoms with van der Waals surface area (Å²) in [6.45, 7) is 16.2. The van der Waals surface area contributed by atoms with Crippen molar-refractivity contribution in [2.45, 2.75) is 193 Å². The first-order valence-electron chi connectivity index (χ1n) is 26.4. The third-order valence-electron chi connectivity index (χ3n) is 16.1. The van der Waals surface area contributed by atoms with Gasteiger partial charge in [0.05, 0.1) is 49.8 Å². The number of fused-ring (bicyclic) bond motifs is 3. The number of carbonyl (C=O) groups excluding carboxylic acids is 5. The van der Waals surface area contributed by atoms with Crippen LogP contribution in [0.2, 0.25) is 0 Å². The molecule has 4 aliphatic heterocycles. The molecule has 400 valence electrons. The van der Waals surface area contributed by atoms with E-state index in [1.807, 2.05) is 58.1 Å². The lowest BCUT2D eigenvalue weighted by Gasteiger charge is -2.42. The van der Waals surface area contributed by atoms with E-state index in [0.29, 0.717) is 76.1 Å².